The quantitative estimate of drug-likeness (QED) is 0.343. The van der Waals surface area contributed by atoms with Crippen LogP contribution in [0.2, 0.25) is 0 Å². The van der Waals surface area contributed by atoms with Crippen LogP contribution in [0, 0.1) is 0 Å². The molecule has 0 fully saturated rings. The molecule has 0 aliphatic rings. The predicted molar refractivity (Wildman–Crippen MR) is 15.8 cm³/mol. The second-order valence-corrected chi connectivity index (χ2v) is 0.316. The molecule has 2 nitrogen and oxygen atoms in total. The second-order valence-electron chi connectivity index (χ2n) is 0.105. The van der Waals surface area contributed by atoms with Crippen molar-refractivity contribution in [1.29, 1.82) is 0 Å². The van der Waals surface area contributed by atoms with Crippen LogP contribution in [0.25, 0.3) is 0 Å². The molecule has 0 radical (unpaired) electrons. The normalized spacial score (nSPS) is 2.00. The van der Waals surface area contributed by atoms with E-state index >= 15 is 0 Å². The van der Waals surface area contributed by atoms with Crippen LogP contribution in [-0.2, 0) is 3.80 Å². The van der Waals surface area contributed by atoms with Gasteiger partial charge in [-0.2, -0.15) is 0 Å². The minimum atomic E-state index is -1.50. The maximum absolute atomic E-state index is 8.57. The van der Waals surface area contributed by atoms with E-state index in [0.717, 1.165) is 0 Å². The van der Waals surface area contributed by atoms with Gasteiger partial charge < -0.3 is 0 Å². The van der Waals surface area contributed by atoms with Gasteiger partial charge in [-0.15, -0.1) is 0 Å². The van der Waals surface area contributed by atoms with Gasteiger partial charge in [-0.05, 0) is 0 Å². The van der Waals surface area contributed by atoms with Crippen molar-refractivity contribution in [2.45, 2.75) is 0 Å². The molecular weight excluding hydrogens is 65.9 g/mol. The monoisotopic (exact) mass is 68.0 g/mol. The number of rotatable bonds is 0. The SMILES string of the molecule is [LiH].[O]=[Al][OH]. The summed E-state index contributed by atoms with van der Waals surface area (Å²) in [4.78, 5) is 0. The van der Waals surface area contributed by atoms with Crippen LogP contribution in [0.4, 0.5) is 0 Å². The third kappa shape index (κ3) is 15.3. The van der Waals surface area contributed by atoms with Gasteiger partial charge in [-0.1, -0.05) is 0 Å². The summed E-state index contributed by atoms with van der Waals surface area (Å²) in [6.45, 7) is 0. The molecule has 0 rings (SSSR count). The van der Waals surface area contributed by atoms with Gasteiger partial charge in [0.25, 0.3) is 0 Å². The van der Waals surface area contributed by atoms with Gasteiger partial charge in [0.15, 0.2) is 0 Å². The van der Waals surface area contributed by atoms with E-state index in [2.05, 4.69) is 0 Å². The first-order chi connectivity index (χ1) is 1.41. The Labute approximate surface area is 42.6 Å². The molecule has 18 valence electrons. The first-order valence-electron chi connectivity index (χ1n) is 0.494. The number of hydrogen-bond acceptors (Lipinski definition) is 1. The molecule has 0 bridgehead atoms. The van der Waals surface area contributed by atoms with Crippen molar-refractivity contribution in [1.82, 2.24) is 0 Å². The molecule has 0 saturated carbocycles. The summed E-state index contributed by atoms with van der Waals surface area (Å²) in [6.07, 6.45) is 0. The molecule has 4 heteroatoms. The summed E-state index contributed by atoms with van der Waals surface area (Å²) in [5.41, 5.74) is 0. The summed E-state index contributed by atoms with van der Waals surface area (Å²) in [5.74, 6) is 0. The van der Waals surface area contributed by atoms with Crippen molar-refractivity contribution in [2.75, 3.05) is 0 Å². The molecule has 0 aliphatic carbocycles. The van der Waals surface area contributed by atoms with Gasteiger partial charge in [-0.25, -0.2) is 0 Å². The molecule has 4 heavy (non-hydrogen) atoms. The molecule has 0 aromatic carbocycles. The van der Waals surface area contributed by atoms with Crippen LogP contribution in [-0.4, -0.2) is 38.5 Å². The van der Waals surface area contributed by atoms with E-state index in [1.54, 1.807) is 0 Å². The van der Waals surface area contributed by atoms with Gasteiger partial charge in [0.1, 0.15) is 0 Å². The molecular formula is H2AlLiO2. The van der Waals surface area contributed by atoms with Crippen molar-refractivity contribution in [2.24, 2.45) is 0 Å². The van der Waals surface area contributed by atoms with Gasteiger partial charge in [0.05, 0.1) is 0 Å². The molecule has 0 spiro atoms. The van der Waals surface area contributed by atoms with E-state index in [0.29, 0.717) is 0 Å². The average Bonchev–Trinajstić information content (AvgIpc) is 0.918. The molecule has 0 heterocycles. The zero-order valence-corrected chi connectivity index (χ0v) is 2.59. The van der Waals surface area contributed by atoms with Crippen LogP contribution >= 0.6 is 0 Å². The summed E-state index contributed by atoms with van der Waals surface area (Å²) in [5, 5.41) is 0. The van der Waals surface area contributed by atoms with Gasteiger partial charge >= 0.3 is 42.3 Å². The molecule has 0 aromatic heterocycles. The Morgan fingerprint density at radius 2 is 1.75 bits per heavy atom. The Balaban J connectivity index is 0. The van der Waals surface area contributed by atoms with Crippen LogP contribution in [0.3, 0.4) is 0 Å². The Morgan fingerprint density at radius 3 is 1.75 bits per heavy atom. The fourth-order valence-electron chi connectivity index (χ4n) is 0. The van der Waals surface area contributed by atoms with Gasteiger partial charge in [0, 0.05) is 0 Å². The molecule has 0 saturated heterocycles. The van der Waals surface area contributed by atoms with E-state index < -0.39 is 15.5 Å². The van der Waals surface area contributed by atoms with Crippen molar-refractivity contribution >= 4 is 34.3 Å². The topological polar surface area (TPSA) is 37.3 Å². The van der Waals surface area contributed by atoms with Crippen molar-refractivity contribution in [3.8, 4) is 0 Å². The third-order valence-corrected chi connectivity index (χ3v) is 0. The molecule has 0 unspecified atom stereocenters. The van der Waals surface area contributed by atoms with E-state index in [4.69, 9.17) is 7.96 Å². The van der Waals surface area contributed by atoms with Gasteiger partial charge in [0.2, 0.25) is 0 Å². The minimum absolute atomic E-state index is 0. The summed E-state index contributed by atoms with van der Waals surface area (Å²) in [6, 6.07) is 0. The Kier molecular flexibility index (Phi) is 20.5. The molecule has 0 amide bonds. The predicted octanol–water partition coefficient (Wildman–Crippen LogP) is -1.71. The fraction of sp³-hybridized carbons (Fsp3) is 0. The fourth-order valence-corrected chi connectivity index (χ4v) is 0. The summed E-state index contributed by atoms with van der Waals surface area (Å²) < 4.78 is 15.7. The molecule has 0 aromatic rings. The first kappa shape index (κ1) is 8.83. The standard InChI is InChI=1S/Al.Li.H2O.O.H/h;;1H2;;/q+1;;;;/p-1. The van der Waals surface area contributed by atoms with E-state index in [-0.39, 0.29) is 18.9 Å². The average molecular weight is 67.9 g/mol. The van der Waals surface area contributed by atoms with Crippen LogP contribution in [0.1, 0.15) is 0 Å². The first-order valence-corrected chi connectivity index (χ1v) is 1.48. The second kappa shape index (κ2) is 9.29. The van der Waals surface area contributed by atoms with Crippen LogP contribution < -0.4 is 0 Å². The third-order valence-electron chi connectivity index (χ3n) is 0. The maximum atomic E-state index is 8.57. The Morgan fingerprint density at radius 1 is 1.75 bits per heavy atom. The van der Waals surface area contributed by atoms with E-state index in [1.165, 1.54) is 0 Å². The van der Waals surface area contributed by atoms with Crippen LogP contribution in [0.5, 0.6) is 0 Å². The summed E-state index contributed by atoms with van der Waals surface area (Å²) in [7, 11) is 0. The van der Waals surface area contributed by atoms with E-state index in [1.807, 2.05) is 0 Å². The molecule has 1 N–H and O–H groups in total. The zero-order valence-electron chi connectivity index (χ0n) is 1.43. The van der Waals surface area contributed by atoms with Crippen molar-refractivity contribution in [3.05, 3.63) is 0 Å². The summed E-state index contributed by atoms with van der Waals surface area (Å²) >= 11 is -1.50. The van der Waals surface area contributed by atoms with Crippen molar-refractivity contribution < 1.29 is 7.96 Å². The molecule has 0 atom stereocenters. The number of hydrogen-bond donors (Lipinski definition) is 1. The Bertz CT molecular complexity index is 13.5. The van der Waals surface area contributed by atoms with Crippen molar-refractivity contribution in [3.63, 3.8) is 0 Å². The van der Waals surface area contributed by atoms with Gasteiger partial charge in [-0.3, -0.25) is 0 Å². The zero-order chi connectivity index (χ0) is 2.71. The molecule has 0 aliphatic heterocycles. The van der Waals surface area contributed by atoms with Crippen LogP contribution in [0.15, 0.2) is 0 Å². The Hall–Kier alpha value is 0.730. The van der Waals surface area contributed by atoms with E-state index in [9.17, 15) is 0 Å².